The van der Waals surface area contributed by atoms with E-state index in [1.165, 1.54) is 0 Å². The molecule has 0 radical (unpaired) electrons. The maximum atomic E-state index is 12.5. The highest BCUT2D eigenvalue weighted by molar-refractivity contribution is 7.91. The van der Waals surface area contributed by atoms with Gasteiger partial charge in [0.15, 0.2) is 16.4 Å². The first kappa shape index (κ1) is 18.8. The Morgan fingerprint density at radius 3 is 2.75 bits per heavy atom. The van der Waals surface area contributed by atoms with Crippen LogP contribution in [0.4, 0.5) is 5.69 Å². The van der Waals surface area contributed by atoms with Gasteiger partial charge in [0.2, 0.25) is 0 Å². The molecular weight excluding hydrogens is 380 g/mol. The minimum Gasteiger partial charge on any atom is -0.495 e. The summed E-state index contributed by atoms with van der Waals surface area (Å²) in [5, 5.41) is 4.79. The van der Waals surface area contributed by atoms with E-state index in [1.54, 1.807) is 13.2 Å². The average molecular weight is 403 g/mol. The highest BCUT2D eigenvalue weighted by Crippen LogP contribution is 2.36. The molecule has 2 aromatic carbocycles. The quantitative estimate of drug-likeness (QED) is 0.669. The molecule has 1 aliphatic rings. The van der Waals surface area contributed by atoms with Crippen molar-refractivity contribution in [1.29, 1.82) is 0 Å². The van der Waals surface area contributed by atoms with Gasteiger partial charge >= 0.3 is 0 Å². The Bertz CT molecular complexity index is 1150. The third kappa shape index (κ3) is 3.57. The van der Waals surface area contributed by atoms with Crippen molar-refractivity contribution < 1.29 is 27.3 Å². The number of anilines is 1. The summed E-state index contributed by atoms with van der Waals surface area (Å²) >= 11 is 0. The first-order valence-corrected chi connectivity index (χ1v) is 11.0. The van der Waals surface area contributed by atoms with Crippen LogP contribution in [0.15, 0.2) is 40.8 Å². The van der Waals surface area contributed by atoms with E-state index in [2.05, 4.69) is 5.32 Å². The van der Waals surface area contributed by atoms with E-state index in [1.807, 2.05) is 37.4 Å². The number of carbonyl (C=O) groups excluding carboxylic acids is 1. The van der Waals surface area contributed by atoms with E-state index in [-0.39, 0.29) is 30.0 Å². The lowest BCUT2D eigenvalue weighted by Gasteiger charge is -2.19. The van der Waals surface area contributed by atoms with Crippen LogP contribution >= 0.6 is 0 Å². The largest absolute Gasteiger partial charge is 0.495 e. The number of benzene rings is 2. The Hall–Kier alpha value is -2.58. The first-order valence-electron chi connectivity index (χ1n) is 9.18. The first-order chi connectivity index (χ1) is 13.4. The third-order valence-electron chi connectivity index (χ3n) is 5.34. The zero-order valence-corrected chi connectivity index (χ0v) is 16.6. The second kappa shape index (κ2) is 7.10. The minimum atomic E-state index is -2.97. The molecule has 1 saturated heterocycles. The number of amides is 1. The lowest BCUT2D eigenvalue weighted by atomic mass is 10.1. The number of para-hydroxylation sites is 1. The van der Waals surface area contributed by atoms with Crippen LogP contribution in [0.3, 0.4) is 0 Å². The van der Waals surface area contributed by atoms with Crippen LogP contribution in [0.2, 0.25) is 0 Å². The number of rotatable bonds is 5. The molecule has 4 rings (SSSR count). The van der Waals surface area contributed by atoms with Crippen molar-refractivity contribution in [3.63, 3.8) is 0 Å². The number of methoxy groups -OCH3 is 1. The van der Waals surface area contributed by atoms with Crippen molar-refractivity contribution in [2.75, 3.05) is 37.5 Å². The molecule has 0 aliphatic carbocycles. The number of hydrogen-bond acceptors (Lipinski definition) is 5. The molecule has 8 heteroatoms. The summed E-state index contributed by atoms with van der Waals surface area (Å²) in [6.45, 7) is 0.182. The molecule has 1 amide bonds. The van der Waals surface area contributed by atoms with Crippen molar-refractivity contribution in [3.8, 4) is 5.75 Å². The summed E-state index contributed by atoms with van der Waals surface area (Å²) in [5.41, 5.74) is 1.97. The van der Waals surface area contributed by atoms with Crippen LogP contribution in [0.5, 0.6) is 5.75 Å². The van der Waals surface area contributed by atoms with Crippen LogP contribution < -0.4 is 15.0 Å². The fourth-order valence-electron chi connectivity index (χ4n) is 3.79. The van der Waals surface area contributed by atoms with Gasteiger partial charge in [-0.25, -0.2) is 8.42 Å². The number of fused-ring (bicyclic) bond motifs is 3. The molecule has 1 aliphatic heterocycles. The molecule has 1 unspecified atom stereocenters. The standard InChI is InChI=1S/C20H22N2O5S/c1-22(13-7-8-28(24,25)12-13)11-20(23)21-16-10-18-15(9-19(16)26-2)14-5-3-4-6-17(14)27-18/h3-6,9-10,13H,7-8,11-12H2,1-2H3,(H,21,23)/p+1/t13-/m1/s1. The van der Waals surface area contributed by atoms with Gasteiger partial charge in [0.25, 0.3) is 5.91 Å². The second-order valence-electron chi connectivity index (χ2n) is 7.32. The molecule has 1 fully saturated rings. The number of likely N-dealkylation sites (N-methyl/N-ethyl adjacent to an activating group) is 1. The van der Waals surface area contributed by atoms with Gasteiger partial charge in [-0.3, -0.25) is 4.79 Å². The number of nitrogens with one attached hydrogen (secondary N) is 2. The Morgan fingerprint density at radius 1 is 1.25 bits per heavy atom. The average Bonchev–Trinajstić information content (AvgIpc) is 3.20. The van der Waals surface area contributed by atoms with Gasteiger partial charge in [-0.05, 0) is 12.1 Å². The zero-order valence-electron chi connectivity index (χ0n) is 15.8. The maximum absolute atomic E-state index is 12.5. The number of furan rings is 1. The van der Waals surface area contributed by atoms with Crippen LogP contribution in [0.25, 0.3) is 21.9 Å². The lowest BCUT2D eigenvalue weighted by Crippen LogP contribution is -3.14. The van der Waals surface area contributed by atoms with E-state index in [0.717, 1.165) is 21.3 Å². The topological polar surface area (TPSA) is 90.0 Å². The third-order valence-corrected chi connectivity index (χ3v) is 7.11. The Morgan fingerprint density at radius 2 is 2.04 bits per heavy atom. The number of ether oxygens (including phenoxy) is 1. The summed E-state index contributed by atoms with van der Waals surface area (Å²) in [6, 6.07) is 11.3. The summed E-state index contributed by atoms with van der Waals surface area (Å²) in [7, 11) is 0.439. The van der Waals surface area contributed by atoms with Gasteiger partial charge in [-0.2, -0.15) is 0 Å². The molecule has 148 valence electrons. The van der Waals surface area contributed by atoms with Crippen LogP contribution in [-0.4, -0.2) is 52.6 Å². The molecule has 1 aromatic heterocycles. The Kier molecular flexibility index (Phi) is 4.76. The zero-order chi connectivity index (χ0) is 19.9. The molecule has 2 atom stereocenters. The fraction of sp³-hybridized carbons (Fsp3) is 0.350. The Labute approximate surface area is 163 Å². The SMILES string of the molecule is COc1cc2c(cc1NC(=O)C[NH+](C)[C@@H]1CCS(=O)(=O)C1)oc1ccccc12. The fourth-order valence-corrected chi connectivity index (χ4v) is 5.67. The van der Waals surface area contributed by atoms with Gasteiger partial charge in [0.05, 0.1) is 25.6 Å². The number of quaternary nitrogens is 1. The summed E-state index contributed by atoms with van der Waals surface area (Å²) in [4.78, 5) is 13.4. The van der Waals surface area contributed by atoms with Crippen molar-refractivity contribution in [1.82, 2.24) is 0 Å². The van der Waals surface area contributed by atoms with Gasteiger partial charge in [-0.15, -0.1) is 0 Å². The lowest BCUT2D eigenvalue weighted by molar-refractivity contribution is -0.894. The van der Waals surface area contributed by atoms with Crippen molar-refractivity contribution >= 4 is 43.4 Å². The van der Waals surface area contributed by atoms with Crippen LogP contribution in [0, 0.1) is 0 Å². The summed E-state index contributed by atoms with van der Waals surface area (Å²) in [5.74, 6) is 0.692. The molecule has 28 heavy (non-hydrogen) atoms. The highest BCUT2D eigenvalue weighted by atomic mass is 32.2. The summed E-state index contributed by atoms with van der Waals surface area (Å²) in [6.07, 6.45) is 0.593. The van der Waals surface area contributed by atoms with Crippen molar-refractivity contribution in [3.05, 3.63) is 36.4 Å². The highest BCUT2D eigenvalue weighted by Gasteiger charge is 2.34. The van der Waals surface area contributed by atoms with Gasteiger partial charge in [0.1, 0.15) is 28.7 Å². The number of sulfone groups is 1. The van der Waals surface area contributed by atoms with E-state index in [0.29, 0.717) is 23.4 Å². The molecular formula is C20H23N2O5S+. The van der Waals surface area contributed by atoms with E-state index >= 15 is 0 Å². The predicted molar refractivity (Wildman–Crippen MR) is 108 cm³/mol. The minimum absolute atomic E-state index is 0.0458. The molecule has 2 heterocycles. The van der Waals surface area contributed by atoms with Crippen LogP contribution in [-0.2, 0) is 14.6 Å². The van der Waals surface area contributed by atoms with Crippen molar-refractivity contribution in [2.24, 2.45) is 0 Å². The van der Waals surface area contributed by atoms with E-state index < -0.39 is 9.84 Å². The van der Waals surface area contributed by atoms with Crippen molar-refractivity contribution in [2.45, 2.75) is 12.5 Å². The number of carbonyl (C=O) groups is 1. The molecule has 0 bridgehead atoms. The van der Waals surface area contributed by atoms with Gasteiger partial charge < -0.3 is 19.4 Å². The second-order valence-corrected chi connectivity index (χ2v) is 9.55. The molecule has 0 saturated carbocycles. The maximum Gasteiger partial charge on any atom is 0.279 e. The van der Waals surface area contributed by atoms with E-state index in [9.17, 15) is 13.2 Å². The van der Waals surface area contributed by atoms with E-state index in [4.69, 9.17) is 9.15 Å². The monoisotopic (exact) mass is 403 g/mol. The molecule has 2 N–H and O–H groups in total. The van der Waals surface area contributed by atoms with Crippen LogP contribution in [0.1, 0.15) is 6.42 Å². The Balaban J connectivity index is 1.55. The smallest absolute Gasteiger partial charge is 0.279 e. The normalized spacial score (nSPS) is 19.7. The summed E-state index contributed by atoms with van der Waals surface area (Å²) < 4.78 is 34.7. The van der Waals surface area contributed by atoms with Gasteiger partial charge in [0, 0.05) is 23.3 Å². The molecule has 7 nitrogen and oxygen atoms in total. The number of hydrogen-bond donors (Lipinski definition) is 2. The predicted octanol–water partition coefficient (Wildman–Crippen LogP) is 1.23. The molecule has 3 aromatic rings. The van der Waals surface area contributed by atoms with Gasteiger partial charge in [-0.1, -0.05) is 18.2 Å². The molecule has 0 spiro atoms.